The topological polar surface area (TPSA) is 87.7 Å². The van der Waals surface area contributed by atoms with E-state index in [1.807, 2.05) is 13.0 Å². The molecule has 80 valence electrons. The third kappa shape index (κ3) is 1.96. The van der Waals surface area contributed by atoms with Crippen molar-refractivity contribution in [1.82, 2.24) is 10.2 Å². The van der Waals surface area contributed by atoms with Gasteiger partial charge in [-0.15, -0.1) is 5.10 Å². The van der Waals surface area contributed by atoms with Crippen LogP contribution in [0, 0.1) is 18.3 Å². The number of ether oxygens (including phenoxy) is 1. The van der Waals surface area contributed by atoms with Crippen molar-refractivity contribution in [1.29, 1.82) is 5.26 Å². The number of hydrogen-bond donors (Lipinski definition) is 2. The minimum absolute atomic E-state index is 0.393. The number of rotatable bonds is 2. The second-order valence-corrected chi connectivity index (χ2v) is 3.35. The molecule has 0 saturated carbocycles. The molecule has 0 atom stereocenters. The van der Waals surface area contributed by atoms with E-state index in [1.165, 1.54) is 0 Å². The van der Waals surface area contributed by atoms with Gasteiger partial charge in [0.15, 0.2) is 0 Å². The van der Waals surface area contributed by atoms with Gasteiger partial charge in [0.25, 0.3) is 0 Å². The van der Waals surface area contributed by atoms with Gasteiger partial charge in [-0.1, -0.05) is 0 Å². The Labute approximate surface area is 92.5 Å². The zero-order valence-corrected chi connectivity index (χ0v) is 8.69. The normalized spacial score (nSPS) is 9.75. The third-order valence-corrected chi connectivity index (χ3v) is 2.05. The molecule has 1 aromatic heterocycles. The molecule has 0 bridgehead atoms. The maximum Gasteiger partial charge on any atom is 0.238 e. The number of nitrogens with one attached hydrogen (secondary N) is 1. The fraction of sp³-hybridized carbons (Fsp3) is 0.0909. The summed E-state index contributed by atoms with van der Waals surface area (Å²) in [7, 11) is 0. The van der Waals surface area contributed by atoms with Gasteiger partial charge in [0.2, 0.25) is 5.88 Å². The highest BCUT2D eigenvalue weighted by molar-refractivity contribution is 5.56. The summed E-state index contributed by atoms with van der Waals surface area (Å²) in [6.45, 7) is 1.88. The average molecular weight is 214 g/mol. The lowest BCUT2D eigenvalue weighted by Crippen LogP contribution is -1.91. The number of nitriles is 1. The van der Waals surface area contributed by atoms with E-state index >= 15 is 0 Å². The number of hydrogen-bond acceptors (Lipinski definition) is 4. The highest BCUT2D eigenvalue weighted by Crippen LogP contribution is 2.23. The first-order valence-corrected chi connectivity index (χ1v) is 4.68. The molecule has 0 spiro atoms. The highest BCUT2D eigenvalue weighted by Gasteiger charge is 2.04. The van der Waals surface area contributed by atoms with Crippen LogP contribution in [0.5, 0.6) is 11.6 Å². The Hall–Kier alpha value is -2.48. The Morgan fingerprint density at radius 2 is 2.25 bits per heavy atom. The molecule has 1 heterocycles. The van der Waals surface area contributed by atoms with Gasteiger partial charge >= 0.3 is 0 Å². The molecule has 0 amide bonds. The van der Waals surface area contributed by atoms with Gasteiger partial charge in [-0.05, 0) is 19.1 Å². The minimum Gasteiger partial charge on any atom is -0.437 e. The van der Waals surface area contributed by atoms with Crippen molar-refractivity contribution in [2.24, 2.45) is 0 Å². The highest BCUT2D eigenvalue weighted by atomic mass is 16.5. The number of nitrogens with two attached hydrogens (primary N) is 1. The summed E-state index contributed by atoms with van der Waals surface area (Å²) >= 11 is 0. The lowest BCUT2D eigenvalue weighted by atomic mass is 10.2. The fourth-order valence-electron chi connectivity index (χ4n) is 1.26. The molecule has 0 saturated heterocycles. The van der Waals surface area contributed by atoms with E-state index in [0.29, 0.717) is 22.9 Å². The number of nitrogen functional groups attached to an aromatic ring is 1. The van der Waals surface area contributed by atoms with E-state index in [0.717, 1.165) is 5.69 Å². The molecule has 1 aromatic carbocycles. The molecular weight excluding hydrogens is 204 g/mol. The van der Waals surface area contributed by atoms with Crippen molar-refractivity contribution in [3.63, 3.8) is 0 Å². The molecule has 2 aromatic rings. The van der Waals surface area contributed by atoms with Crippen molar-refractivity contribution in [3.05, 3.63) is 35.5 Å². The van der Waals surface area contributed by atoms with Gasteiger partial charge in [0.1, 0.15) is 11.8 Å². The van der Waals surface area contributed by atoms with E-state index < -0.39 is 0 Å². The average Bonchev–Trinajstić information content (AvgIpc) is 2.67. The summed E-state index contributed by atoms with van der Waals surface area (Å²) in [5, 5.41) is 15.5. The van der Waals surface area contributed by atoms with Crippen molar-refractivity contribution >= 4 is 5.69 Å². The first-order chi connectivity index (χ1) is 7.69. The fourth-order valence-corrected chi connectivity index (χ4v) is 1.26. The first-order valence-electron chi connectivity index (χ1n) is 4.68. The number of aromatic nitrogens is 2. The lowest BCUT2D eigenvalue weighted by Gasteiger charge is -2.03. The predicted molar refractivity (Wildman–Crippen MR) is 59.0 cm³/mol. The molecule has 0 radical (unpaired) electrons. The summed E-state index contributed by atoms with van der Waals surface area (Å²) in [6.07, 6.45) is 0. The van der Waals surface area contributed by atoms with Gasteiger partial charge in [0.05, 0.1) is 5.56 Å². The third-order valence-electron chi connectivity index (χ3n) is 2.05. The summed E-state index contributed by atoms with van der Waals surface area (Å²) in [5.41, 5.74) is 7.34. The smallest absolute Gasteiger partial charge is 0.238 e. The van der Waals surface area contributed by atoms with E-state index in [9.17, 15) is 0 Å². The molecule has 0 aliphatic carbocycles. The van der Waals surface area contributed by atoms with Crippen LogP contribution in [0.4, 0.5) is 5.69 Å². The van der Waals surface area contributed by atoms with Gasteiger partial charge < -0.3 is 10.5 Å². The SMILES string of the molecule is Cc1cc(Oc2ccc(N)c(C#N)c2)n[nH]1. The van der Waals surface area contributed by atoms with Crippen LogP contribution in [0.25, 0.3) is 0 Å². The summed E-state index contributed by atoms with van der Waals surface area (Å²) in [6, 6.07) is 8.67. The van der Waals surface area contributed by atoms with Gasteiger partial charge in [-0.3, -0.25) is 5.10 Å². The molecule has 0 aliphatic heterocycles. The van der Waals surface area contributed by atoms with E-state index in [2.05, 4.69) is 10.2 Å². The Morgan fingerprint density at radius 1 is 1.44 bits per heavy atom. The predicted octanol–water partition coefficient (Wildman–Crippen LogP) is 1.96. The standard InChI is InChI=1S/C11H10N4O/c1-7-4-11(15-14-7)16-9-2-3-10(13)8(5-9)6-12/h2-5H,13H2,1H3,(H,14,15). The van der Waals surface area contributed by atoms with Gasteiger partial charge in [-0.25, -0.2) is 0 Å². The maximum atomic E-state index is 8.81. The van der Waals surface area contributed by atoms with E-state index in [1.54, 1.807) is 24.3 Å². The van der Waals surface area contributed by atoms with Crippen LogP contribution in [-0.2, 0) is 0 Å². The Morgan fingerprint density at radius 3 is 2.88 bits per heavy atom. The van der Waals surface area contributed by atoms with Crippen molar-refractivity contribution in [2.75, 3.05) is 5.73 Å². The molecule has 0 fully saturated rings. The molecule has 0 aliphatic rings. The number of anilines is 1. The molecule has 2 rings (SSSR count). The molecule has 5 heteroatoms. The maximum absolute atomic E-state index is 8.81. The molecule has 0 unspecified atom stereocenters. The quantitative estimate of drug-likeness (QED) is 0.748. The molecule has 3 N–H and O–H groups in total. The lowest BCUT2D eigenvalue weighted by molar-refractivity contribution is 0.461. The summed E-state index contributed by atoms with van der Waals surface area (Å²) < 4.78 is 5.45. The molecule has 5 nitrogen and oxygen atoms in total. The number of H-pyrrole nitrogens is 1. The van der Waals surface area contributed by atoms with Crippen molar-refractivity contribution < 1.29 is 4.74 Å². The Balaban J connectivity index is 2.26. The second-order valence-electron chi connectivity index (χ2n) is 3.35. The monoisotopic (exact) mass is 214 g/mol. The zero-order chi connectivity index (χ0) is 11.5. The van der Waals surface area contributed by atoms with E-state index in [4.69, 9.17) is 15.7 Å². The Bertz CT molecular complexity index is 553. The van der Waals surface area contributed by atoms with Crippen molar-refractivity contribution in [3.8, 4) is 17.7 Å². The van der Waals surface area contributed by atoms with Crippen LogP contribution >= 0.6 is 0 Å². The van der Waals surface area contributed by atoms with Crippen molar-refractivity contribution in [2.45, 2.75) is 6.92 Å². The number of aromatic amines is 1. The van der Waals surface area contributed by atoms with Crippen LogP contribution < -0.4 is 10.5 Å². The number of aryl methyl sites for hydroxylation is 1. The van der Waals surface area contributed by atoms with Gasteiger partial charge in [0, 0.05) is 23.5 Å². The van der Waals surface area contributed by atoms with E-state index in [-0.39, 0.29) is 0 Å². The molecular formula is C11H10N4O. The zero-order valence-electron chi connectivity index (χ0n) is 8.69. The van der Waals surface area contributed by atoms with Crippen LogP contribution in [0.2, 0.25) is 0 Å². The van der Waals surface area contributed by atoms with Crippen LogP contribution in [0.3, 0.4) is 0 Å². The number of benzene rings is 1. The van der Waals surface area contributed by atoms with Gasteiger partial charge in [-0.2, -0.15) is 5.26 Å². The largest absolute Gasteiger partial charge is 0.437 e. The second kappa shape index (κ2) is 3.95. The summed E-state index contributed by atoms with van der Waals surface area (Å²) in [4.78, 5) is 0. The molecule has 16 heavy (non-hydrogen) atoms. The van der Waals surface area contributed by atoms with Crippen LogP contribution in [0.1, 0.15) is 11.3 Å². The van der Waals surface area contributed by atoms with Crippen LogP contribution in [-0.4, -0.2) is 10.2 Å². The first kappa shape index (κ1) is 10.1. The number of nitrogens with zero attached hydrogens (tertiary/aromatic N) is 2. The Kier molecular flexibility index (Phi) is 2.48. The minimum atomic E-state index is 0.393. The van der Waals surface area contributed by atoms with Crippen LogP contribution in [0.15, 0.2) is 24.3 Å². The summed E-state index contributed by atoms with van der Waals surface area (Å²) in [5.74, 6) is 1.00.